The summed E-state index contributed by atoms with van der Waals surface area (Å²) in [7, 11) is 0. The lowest BCUT2D eigenvalue weighted by Crippen LogP contribution is -2.47. The van der Waals surface area contributed by atoms with Crippen LogP contribution in [0.5, 0.6) is 5.75 Å². The molecule has 36 heavy (non-hydrogen) atoms. The van der Waals surface area contributed by atoms with Crippen molar-refractivity contribution in [1.82, 2.24) is 25.5 Å². The monoisotopic (exact) mass is 517 g/mol. The van der Waals surface area contributed by atoms with Gasteiger partial charge in [0.15, 0.2) is 0 Å². The first-order chi connectivity index (χ1) is 17.3. The van der Waals surface area contributed by atoms with E-state index in [0.717, 1.165) is 31.6 Å². The van der Waals surface area contributed by atoms with Gasteiger partial charge in [0, 0.05) is 49.4 Å². The van der Waals surface area contributed by atoms with Crippen molar-refractivity contribution >= 4 is 29.3 Å². The van der Waals surface area contributed by atoms with E-state index in [2.05, 4.69) is 39.3 Å². The fourth-order valence-electron chi connectivity index (χ4n) is 4.08. The molecule has 0 spiro atoms. The van der Waals surface area contributed by atoms with E-state index in [1.54, 1.807) is 18.3 Å². The third-order valence-corrected chi connectivity index (χ3v) is 6.24. The first kappa shape index (κ1) is 27.5. The maximum Gasteiger partial charge on any atom is 0.255 e. The molecular weight excluding hydrogens is 482 g/mol. The fourth-order valence-corrected chi connectivity index (χ4v) is 4.25. The largest absolute Gasteiger partial charge is 0.493 e. The normalized spacial score (nSPS) is 17.7. The number of rotatable bonds is 6. The van der Waals surface area contributed by atoms with E-state index in [-0.39, 0.29) is 30.2 Å². The van der Waals surface area contributed by atoms with Gasteiger partial charge < -0.3 is 25.3 Å². The molecule has 0 aliphatic carbocycles. The van der Waals surface area contributed by atoms with E-state index in [9.17, 15) is 14.4 Å². The van der Waals surface area contributed by atoms with Gasteiger partial charge in [0.1, 0.15) is 17.6 Å². The summed E-state index contributed by atoms with van der Waals surface area (Å²) in [6.07, 6.45) is 7.23. The Labute approximate surface area is 217 Å². The van der Waals surface area contributed by atoms with E-state index in [0.29, 0.717) is 42.8 Å². The number of halogens is 1. The van der Waals surface area contributed by atoms with Gasteiger partial charge in [0.25, 0.3) is 5.91 Å². The summed E-state index contributed by atoms with van der Waals surface area (Å²) in [6, 6.07) is 3.99. The van der Waals surface area contributed by atoms with Gasteiger partial charge in [0.2, 0.25) is 11.8 Å². The zero-order valence-corrected chi connectivity index (χ0v) is 21.8. The topological polar surface area (TPSA) is 114 Å². The molecule has 1 aromatic heterocycles. The maximum atomic E-state index is 13.1. The first-order valence-electron chi connectivity index (χ1n) is 12.6. The highest BCUT2D eigenvalue weighted by Crippen LogP contribution is 2.24. The highest BCUT2D eigenvalue weighted by atomic mass is 35.5. The van der Waals surface area contributed by atoms with Crippen LogP contribution in [0.15, 0.2) is 30.6 Å². The average Bonchev–Trinajstić information content (AvgIpc) is 3.32. The SMILES string of the molecule is CC(C)c1nccn1CCCNC(=O)[C@@H]1CCC(=O)NCCCCCOc2ccc(Cl)cc2C(=O)N1. The molecule has 0 unspecified atom stereocenters. The summed E-state index contributed by atoms with van der Waals surface area (Å²) >= 11 is 6.14. The Balaban J connectivity index is 1.66. The molecule has 10 heteroatoms. The number of imidazole rings is 1. The Bertz CT molecular complexity index is 1040. The third-order valence-electron chi connectivity index (χ3n) is 6.01. The van der Waals surface area contributed by atoms with Gasteiger partial charge in [0.05, 0.1) is 12.2 Å². The molecule has 9 nitrogen and oxygen atoms in total. The second-order valence-electron chi connectivity index (χ2n) is 9.24. The first-order valence-corrected chi connectivity index (χ1v) is 13.0. The third kappa shape index (κ3) is 8.26. The van der Waals surface area contributed by atoms with Crippen molar-refractivity contribution in [1.29, 1.82) is 0 Å². The predicted octanol–water partition coefficient (Wildman–Crippen LogP) is 3.42. The van der Waals surface area contributed by atoms with E-state index in [4.69, 9.17) is 16.3 Å². The van der Waals surface area contributed by atoms with Gasteiger partial charge in [-0.2, -0.15) is 0 Å². The van der Waals surface area contributed by atoms with Crippen LogP contribution >= 0.6 is 11.6 Å². The van der Waals surface area contributed by atoms with Crippen LogP contribution in [0.25, 0.3) is 0 Å². The van der Waals surface area contributed by atoms with Crippen LogP contribution in [0.4, 0.5) is 0 Å². The summed E-state index contributed by atoms with van der Waals surface area (Å²) in [5.74, 6) is 0.785. The van der Waals surface area contributed by atoms with Gasteiger partial charge in [-0.3, -0.25) is 14.4 Å². The summed E-state index contributed by atoms with van der Waals surface area (Å²) < 4.78 is 7.91. The summed E-state index contributed by atoms with van der Waals surface area (Å²) in [4.78, 5) is 42.8. The van der Waals surface area contributed by atoms with E-state index >= 15 is 0 Å². The predicted molar refractivity (Wildman–Crippen MR) is 138 cm³/mol. The van der Waals surface area contributed by atoms with Crippen LogP contribution in [0, 0.1) is 0 Å². The molecule has 3 amide bonds. The number of hydrogen-bond donors (Lipinski definition) is 3. The van der Waals surface area contributed by atoms with E-state index in [1.165, 1.54) is 6.07 Å². The summed E-state index contributed by atoms with van der Waals surface area (Å²) in [5.41, 5.74) is 0.265. The molecule has 0 fully saturated rings. The number of carbonyl (C=O) groups is 3. The van der Waals surface area contributed by atoms with Crippen LogP contribution in [-0.4, -0.2) is 53.0 Å². The molecule has 1 atom stereocenters. The number of aromatic nitrogens is 2. The van der Waals surface area contributed by atoms with Crippen molar-refractivity contribution < 1.29 is 19.1 Å². The zero-order valence-electron chi connectivity index (χ0n) is 21.0. The molecular formula is C26H36ClN5O4. The lowest BCUT2D eigenvalue weighted by molar-refractivity contribution is -0.124. The summed E-state index contributed by atoms with van der Waals surface area (Å²) in [6.45, 7) is 6.33. The number of fused-ring (bicyclic) bond motifs is 1. The fraction of sp³-hybridized carbons (Fsp3) is 0.538. The maximum absolute atomic E-state index is 13.1. The van der Waals surface area contributed by atoms with Crippen LogP contribution < -0.4 is 20.7 Å². The molecule has 3 N–H and O–H groups in total. The number of benzene rings is 1. The number of nitrogens with zero attached hydrogens (tertiary/aromatic N) is 2. The highest BCUT2D eigenvalue weighted by molar-refractivity contribution is 6.31. The molecule has 2 heterocycles. The quantitative estimate of drug-likeness (QED) is 0.508. The minimum absolute atomic E-state index is 0.129. The molecule has 1 aliphatic heterocycles. The minimum atomic E-state index is -0.875. The number of amides is 3. The highest BCUT2D eigenvalue weighted by Gasteiger charge is 2.24. The number of aryl methyl sites for hydroxylation is 1. The van der Waals surface area contributed by atoms with Crippen molar-refractivity contribution in [2.45, 2.75) is 70.9 Å². The zero-order chi connectivity index (χ0) is 25.9. The van der Waals surface area contributed by atoms with Gasteiger partial charge in [-0.25, -0.2) is 4.98 Å². The Morgan fingerprint density at radius 1 is 1.28 bits per heavy atom. The van der Waals surface area contributed by atoms with Crippen molar-refractivity contribution in [3.63, 3.8) is 0 Å². The van der Waals surface area contributed by atoms with E-state index < -0.39 is 11.9 Å². The Hall–Kier alpha value is -3.07. The Kier molecular flexibility index (Phi) is 10.6. The van der Waals surface area contributed by atoms with Gasteiger partial charge in [-0.15, -0.1) is 0 Å². The number of ether oxygens (including phenoxy) is 1. The molecule has 0 saturated carbocycles. The molecule has 196 valence electrons. The van der Waals surface area contributed by atoms with Gasteiger partial charge >= 0.3 is 0 Å². The van der Waals surface area contributed by atoms with Crippen molar-refractivity contribution in [3.05, 3.63) is 47.0 Å². The van der Waals surface area contributed by atoms with Crippen molar-refractivity contribution in [3.8, 4) is 5.75 Å². The molecule has 1 aliphatic rings. The molecule has 0 saturated heterocycles. The lowest BCUT2D eigenvalue weighted by Gasteiger charge is -2.20. The van der Waals surface area contributed by atoms with Crippen molar-refractivity contribution in [2.24, 2.45) is 0 Å². The standard InChI is InChI=1S/C26H36ClN5O4/c1-18(2)24-29-13-15-32(24)14-6-12-30-26(35)21-8-10-23(33)28-11-4-3-5-16-36-22-9-7-19(27)17-20(22)25(34)31-21/h7,9,13,15,17-18,21H,3-6,8,10-12,14,16H2,1-2H3,(H,28,33)(H,30,35)(H,31,34)/t21-/m0/s1. The second kappa shape index (κ2) is 13.9. The molecule has 1 aromatic carbocycles. The van der Waals surface area contributed by atoms with Crippen LogP contribution in [0.1, 0.15) is 74.5 Å². The number of nitrogens with one attached hydrogen (secondary N) is 3. The number of hydrogen-bond acceptors (Lipinski definition) is 5. The van der Waals surface area contributed by atoms with Gasteiger partial charge in [-0.1, -0.05) is 25.4 Å². The second-order valence-corrected chi connectivity index (χ2v) is 9.68. The minimum Gasteiger partial charge on any atom is -0.493 e. The van der Waals surface area contributed by atoms with Crippen molar-refractivity contribution in [2.75, 3.05) is 19.7 Å². The van der Waals surface area contributed by atoms with Crippen LogP contribution in [0.3, 0.4) is 0 Å². The molecule has 3 rings (SSSR count). The lowest BCUT2D eigenvalue weighted by atomic mass is 10.1. The average molecular weight is 518 g/mol. The van der Waals surface area contributed by atoms with Gasteiger partial charge in [-0.05, 0) is 50.3 Å². The number of carbonyl (C=O) groups excluding carboxylic acids is 3. The Morgan fingerprint density at radius 3 is 2.92 bits per heavy atom. The molecule has 0 bridgehead atoms. The van der Waals surface area contributed by atoms with E-state index in [1.807, 2.05) is 6.20 Å². The van der Waals surface area contributed by atoms with Crippen LogP contribution in [0.2, 0.25) is 5.02 Å². The molecule has 0 radical (unpaired) electrons. The smallest absolute Gasteiger partial charge is 0.255 e. The summed E-state index contributed by atoms with van der Waals surface area (Å²) in [5, 5.41) is 8.96. The van der Waals surface area contributed by atoms with Crippen LogP contribution in [-0.2, 0) is 16.1 Å². The molecule has 2 aromatic rings. The Morgan fingerprint density at radius 2 is 2.11 bits per heavy atom.